The van der Waals surface area contributed by atoms with Crippen molar-refractivity contribution in [3.8, 4) is 0 Å². The number of carbonyl (C=O) groups is 2. The second-order valence-corrected chi connectivity index (χ2v) is 4.50. The molecule has 0 atom stereocenters. The Morgan fingerprint density at radius 1 is 1.33 bits per heavy atom. The molecule has 0 aliphatic rings. The van der Waals surface area contributed by atoms with Crippen molar-refractivity contribution >= 4 is 17.4 Å². The highest BCUT2D eigenvalue weighted by molar-refractivity contribution is 6.04. The molecule has 2 N–H and O–H groups in total. The Labute approximate surface area is 124 Å². The quantitative estimate of drug-likeness (QED) is 0.437. The summed E-state index contributed by atoms with van der Waals surface area (Å²) in [4.78, 5) is 23.8. The number of anilines is 1. The number of hydrogen-bond acceptors (Lipinski definition) is 5. The molecule has 5 nitrogen and oxygen atoms in total. The van der Waals surface area contributed by atoms with Crippen LogP contribution < -0.4 is 5.32 Å². The molecule has 0 unspecified atom stereocenters. The average Bonchev–Trinajstić information content (AvgIpc) is 2.47. The Morgan fingerprint density at radius 3 is 2.62 bits per heavy atom. The second-order valence-electron chi connectivity index (χ2n) is 4.50. The molecule has 0 saturated carbocycles. The topological polar surface area (TPSA) is 75.6 Å². The van der Waals surface area contributed by atoms with Crippen molar-refractivity contribution in [3.63, 3.8) is 0 Å². The predicted molar refractivity (Wildman–Crippen MR) is 81.0 cm³/mol. The third-order valence-corrected chi connectivity index (χ3v) is 2.88. The molecule has 0 aromatic heterocycles. The molecule has 0 aliphatic carbocycles. The summed E-state index contributed by atoms with van der Waals surface area (Å²) in [5.41, 5.74) is 1.43. The minimum absolute atomic E-state index is 0.0532. The lowest BCUT2D eigenvalue weighted by atomic mass is 9.98. The summed E-state index contributed by atoms with van der Waals surface area (Å²) in [6.45, 7) is 7.22. The van der Waals surface area contributed by atoms with Gasteiger partial charge in [-0.3, -0.25) is 4.79 Å². The van der Waals surface area contributed by atoms with Gasteiger partial charge in [0.25, 0.3) is 0 Å². The highest BCUT2D eigenvalue weighted by Crippen LogP contribution is 2.24. The van der Waals surface area contributed by atoms with Gasteiger partial charge in [-0.15, -0.1) is 0 Å². The van der Waals surface area contributed by atoms with Crippen molar-refractivity contribution in [2.75, 3.05) is 11.9 Å². The van der Waals surface area contributed by atoms with Gasteiger partial charge in [0.1, 0.15) is 5.70 Å². The fraction of sp³-hybridized carbons (Fsp3) is 0.375. The molecule has 1 rings (SSSR count). The zero-order valence-corrected chi connectivity index (χ0v) is 12.4. The molecule has 5 heteroatoms. The minimum atomic E-state index is -0.569. The zero-order valence-electron chi connectivity index (χ0n) is 12.4. The number of rotatable bonds is 8. The van der Waals surface area contributed by atoms with Gasteiger partial charge in [0, 0.05) is 17.7 Å². The average molecular weight is 291 g/mol. The molecular weight excluding hydrogens is 270 g/mol. The number of Topliss-reactive ketones (excluding diaryl/α,β-unsaturated/α-hetero) is 1. The Kier molecular flexibility index (Phi) is 6.62. The van der Waals surface area contributed by atoms with Crippen LogP contribution in [0.15, 0.2) is 30.5 Å². The van der Waals surface area contributed by atoms with Crippen LogP contribution in [0.4, 0.5) is 5.69 Å². The molecule has 114 valence electrons. The molecule has 1 aromatic carbocycles. The first-order chi connectivity index (χ1) is 10.0. The largest absolute Gasteiger partial charge is 0.461 e. The minimum Gasteiger partial charge on any atom is -0.461 e. The molecule has 0 heterocycles. The molecule has 0 bridgehead atoms. The third-order valence-electron chi connectivity index (χ3n) is 2.88. The highest BCUT2D eigenvalue weighted by Gasteiger charge is 2.17. The number of aliphatic hydroxyl groups is 1. The van der Waals surface area contributed by atoms with Gasteiger partial charge in [0.2, 0.25) is 0 Å². The van der Waals surface area contributed by atoms with E-state index in [0.29, 0.717) is 29.7 Å². The first-order valence-electron chi connectivity index (χ1n) is 6.94. The van der Waals surface area contributed by atoms with Gasteiger partial charge in [0.15, 0.2) is 5.78 Å². The number of hydrogen-bond donors (Lipinski definition) is 2. The van der Waals surface area contributed by atoms with Crippen LogP contribution in [-0.4, -0.2) is 23.5 Å². The molecule has 21 heavy (non-hydrogen) atoms. The Balaban J connectivity index is 3.09. The van der Waals surface area contributed by atoms with Crippen molar-refractivity contribution in [1.82, 2.24) is 0 Å². The van der Waals surface area contributed by atoms with Gasteiger partial charge >= 0.3 is 5.97 Å². The first kappa shape index (κ1) is 16.9. The summed E-state index contributed by atoms with van der Waals surface area (Å²) in [7, 11) is 0. The van der Waals surface area contributed by atoms with Gasteiger partial charge in [0.05, 0.1) is 13.2 Å². The van der Waals surface area contributed by atoms with E-state index in [9.17, 15) is 14.7 Å². The summed E-state index contributed by atoms with van der Waals surface area (Å²) in [6, 6.07) is 5.06. The van der Waals surface area contributed by atoms with Crippen LogP contribution in [0, 0.1) is 0 Å². The number of esters is 1. The van der Waals surface area contributed by atoms with E-state index in [4.69, 9.17) is 4.74 Å². The van der Waals surface area contributed by atoms with Gasteiger partial charge in [-0.1, -0.05) is 25.6 Å². The molecule has 0 aliphatic heterocycles. The summed E-state index contributed by atoms with van der Waals surface area (Å²) in [5.74, 6) is -0.651. The van der Waals surface area contributed by atoms with Crippen molar-refractivity contribution in [2.45, 2.75) is 33.3 Å². The first-order valence-corrected chi connectivity index (χ1v) is 6.94. The van der Waals surface area contributed by atoms with E-state index >= 15 is 0 Å². The summed E-state index contributed by atoms with van der Waals surface area (Å²) in [5, 5.41) is 12.2. The zero-order chi connectivity index (χ0) is 15.8. The van der Waals surface area contributed by atoms with E-state index in [2.05, 4.69) is 11.9 Å². The number of aliphatic hydroxyl groups excluding tert-OH is 1. The van der Waals surface area contributed by atoms with Crippen LogP contribution in [0.2, 0.25) is 0 Å². The van der Waals surface area contributed by atoms with E-state index in [1.807, 2.05) is 6.92 Å². The van der Waals surface area contributed by atoms with Crippen LogP contribution >= 0.6 is 0 Å². The molecule has 1 aromatic rings. The molecule has 0 spiro atoms. The summed E-state index contributed by atoms with van der Waals surface area (Å²) in [6.07, 6.45) is 1.08. The number of ether oxygens (including phenoxy) is 1. The van der Waals surface area contributed by atoms with Crippen LogP contribution in [0.25, 0.3) is 0 Å². The lowest BCUT2D eigenvalue weighted by Gasteiger charge is -2.15. The van der Waals surface area contributed by atoms with E-state index in [0.717, 1.165) is 0 Å². The number of ketones is 1. The van der Waals surface area contributed by atoms with E-state index in [-0.39, 0.29) is 24.7 Å². The maximum absolute atomic E-state index is 12.2. The van der Waals surface area contributed by atoms with E-state index in [1.54, 1.807) is 25.1 Å². The number of nitrogens with one attached hydrogen (secondary N) is 1. The van der Waals surface area contributed by atoms with Crippen LogP contribution in [-0.2, 0) is 16.1 Å². The van der Waals surface area contributed by atoms with Crippen LogP contribution in [0.5, 0.6) is 0 Å². The standard InChI is InChI=1S/C16H21NO4/c1-4-7-14(19)15-12(10-18)8-6-9-13(15)17-11(3)16(20)21-5-2/h6,8-9,17-18H,3-5,7,10H2,1-2H3. The maximum Gasteiger partial charge on any atom is 0.354 e. The molecule has 0 radical (unpaired) electrons. The highest BCUT2D eigenvalue weighted by atomic mass is 16.5. The lowest BCUT2D eigenvalue weighted by molar-refractivity contribution is -0.138. The van der Waals surface area contributed by atoms with Gasteiger partial charge in [-0.25, -0.2) is 4.79 Å². The monoisotopic (exact) mass is 291 g/mol. The van der Waals surface area contributed by atoms with E-state index in [1.165, 1.54) is 0 Å². The lowest BCUT2D eigenvalue weighted by Crippen LogP contribution is -2.16. The fourth-order valence-corrected chi connectivity index (χ4v) is 1.95. The van der Waals surface area contributed by atoms with Crippen LogP contribution in [0.1, 0.15) is 42.6 Å². The predicted octanol–water partition coefficient (Wildman–Crippen LogP) is 2.65. The number of benzene rings is 1. The fourth-order valence-electron chi connectivity index (χ4n) is 1.95. The SMILES string of the molecule is C=C(Nc1cccc(CO)c1C(=O)CCC)C(=O)OCC. The Morgan fingerprint density at radius 2 is 2.05 bits per heavy atom. The smallest absolute Gasteiger partial charge is 0.354 e. The number of carbonyl (C=O) groups excluding carboxylic acids is 2. The van der Waals surface area contributed by atoms with Crippen molar-refractivity contribution < 1.29 is 19.4 Å². The Hall–Kier alpha value is -2.14. The second kappa shape index (κ2) is 8.21. The third kappa shape index (κ3) is 4.43. The molecule has 0 fully saturated rings. The van der Waals surface area contributed by atoms with Gasteiger partial charge < -0.3 is 15.2 Å². The van der Waals surface area contributed by atoms with E-state index < -0.39 is 5.97 Å². The molecule has 0 amide bonds. The molecule has 0 saturated heterocycles. The normalized spacial score (nSPS) is 10.0. The van der Waals surface area contributed by atoms with Crippen molar-refractivity contribution in [3.05, 3.63) is 41.6 Å². The summed E-state index contributed by atoms with van der Waals surface area (Å²) < 4.78 is 4.85. The van der Waals surface area contributed by atoms with Crippen molar-refractivity contribution in [2.24, 2.45) is 0 Å². The molecular formula is C16H21NO4. The van der Waals surface area contributed by atoms with Gasteiger partial charge in [-0.2, -0.15) is 0 Å². The summed E-state index contributed by atoms with van der Waals surface area (Å²) >= 11 is 0. The maximum atomic E-state index is 12.2. The van der Waals surface area contributed by atoms with Gasteiger partial charge in [-0.05, 0) is 25.0 Å². The van der Waals surface area contributed by atoms with Crippen LogP contribution in [0.3, 0.4) is 0 Å². The van der Waals surface area contributed by atoms with Crippen molar-refractivity contribution in [1.29, 1.82) is 0 Å². The Bertz CT molecular complexity index is 537.